The van der Waals surface area contributed by atoms with Crippen molar-refractivity contribution < 1.29 is 13.2 Å². The molecule has 2 aromatic rings. The highest BCUT2D eigenvalue weighted by Crippen LogP contribution is 2.28. The average Bonchev–Trinajstić information content (AvgIpc) is 2.34. The molecule has 1 unspecified atom stereocenters. The van der Waals surface area contributed by atoms with E-state index >= 15 is 0 Å². The predicted octanol–water partition coefficient (Wildman–Crippen LogP) is 4.94. The highest BCUT2D eigenvalue weighted by molar-refractivity contribution is 9.10. The van der Waals surface area contributed by atoms with Gasteiger partial charge in [-0.3, -0.25) is 0 Å². The third kappa shape index (κ3) is 3.94. The molecule has 2 rings (SSSR count). The zero-order valence-electron chi connectivity index (χ0n) is 10.0. The first-order valence-corrected chi connectivity index (χ1v) is 6.66. The largest absolute Gasteiger partial charge is 0.389 e. The van der Waals surface area contributed by atoms with Crippen LogP contribution in [0.3, 0.4) is 0 Å². The van der Waals surface area contributed by atoms with Gasteiger partial charge < -0.3 is 5.73 Å². The topological polar surface area (TPSA) is 26.0 Å². The number of alkyl halides is 3. The van der Waals surface area contributed by atoms with E-state index in [1.807, 2.05) is 30.3 Å². The van der Waals surface area contributed by atoms with Crippen LogP contribution >= 0.6 is 15.9 Å². The van der Waals surface area contributed by atoms with E-state index in [1.54, 1.807) is 6.07 Å². The van der Waals surface area contributed by atoms with Crippen LogP contribution in [-0.4, -0.2) is 6.18 Å². The normalized spacial score (nSPS) is 13.7. The lowest BCUT2D eigenvalue weighted by atomic mass is 9.99. The van der Waals surface area contributed by atoms with Crippen molar-refractivity contribution in [2.24, 2.45) is 5.73 Å². The van der Waals surface area contributed by atoms with Gasteiger partial charge in [0.1, 0.15) is 0 Å². The summed E-state index contributed by atoms with van der Waals surface area (Å²) < 4.78 is 37.5. The van der Waals surface area contributed by atoms with Crippen molar-refractivity contribution in [1.29, 1.82) is 0 Å². The van der Waals surface area contributed by atoms with E-state index in [-0.39, 0.29) is 6.42 Å². The van der Waals surface area contributed by atoms with E-state index in [9.17, 15) is 13.2 Å². The Morgan fingerprint density at radius 3 is 2.37 bits per heavy atom. The van der Waals surface area contributed by atoms with Crippen molar-refractivity contribution in [3.8, 4) is 0 Å². The minimum atomic E-state index is -4.15. The number of nitrogens with two attached hydrogens (primary N) is 1. The Bertz CT molecular complexity index is 580. The lowest BCUT2D eigenvalue weighted by Crippen LogP contribution is -2.15. The van der Waals surface area contributed by atoms with Crippen LogP contribution in [0.2, 0.25) is 0 Å². The molecule has 102 valence electrons. The summed E-state index contributed by atoms with van der Waals surface area (Å²) >= 11 is 3.38. The van der Waals surface area contributed by atoms with Gasteiger partial charge in [-0.1, -0.05) is 34.1 Å². The molecule has 0 aliphatic rings. The summed E-state index contributed by atoms with van der Waals surface area (Å²) in [5.74, 6) is 0. The first-order valence-electron chi connectivity index (χ1n) is 5.87. The molecule has 1 atom stereocenters. The first kappa shape index (κ1) is 14.3. The minimum Gasteiger partial charge on any atom is -0.324 e. The highest BCUT2D eigenvalue weighted by atomic mass is 79.9. The number of fused-ring (bicyclic) bond motifs is 1. The molecular formula is C14H13BrF3N. The maximum Gasteiger partial charge on any atom is 0.389 e. The van der Waals surface area contributed by atoms with Crippen molar-refractivity contribution in [1.82, 2.24) is 0 Å². The Labute approximate surface area is 117 Å². The molecule has 0 fully saturated rings. The van der Waals surface area contributed by atoms with Crippen molar-refractivity contribution in [2.75, 3.05) is 0 Å². The SMILES string of the molecule is NC(CCC(F)(F)F)c1ccc2cc(Br)ccc2c1. The number of benzene rings is 2. The molecule has 1 nitrogen and oxygen atoms in total. The summed E-state index contributed by atoms with van der Waals surface area (Å²) in [6, 6.07) is 10.7. The number of rotatable bonds is 3. The molecule has 0 bridgehead atoms. The molecule has 0 aliphatic carbocycles. The van der Waals surface area contributed by atoms with E-state index < -0.39 is 18.6 Å². The van der Waals surface area contributed by atoms with Crippen LogP contribution < -0.4 is 5.73 Å². The van der Waals surface area contributed by atoms with E-state index in [0.717, 1.165) is 20.8 Å². The van der Waals surface area contributed by atoms with Gasteiger partial charge in [-0.2, -0.15) is 13.2 Å². The van der Waals surface area contributed by atoms with E-state index in [4.69, 9.17) is 5.73 Å². The van der Waals surface area contributed by atoms with Crippen LogP contribution in [0.25, 0.3) is 10.8 Å². The van der Waals surface area contributed by atoms with Crippen LogP contribution in [0.4, 0.5) is 13.2 Å². The van der Waals surface area contributed by atoms with Gasteiger partial charge in [-0.05, 0) is 41.0 Å². The molecule has 2 aromatic carbocycles. The first-order chi connectivity index (χ1) is 8.85. The summed E-state index contributed by atoms with van der Waals surface area (Å²) in [7, 11) is 0. The second kappa shape index (κ2) is 5.51. The van der Waals surface area contributed by atoms with Crippen LogP contribution in [0, 0.1) is 0 Å². The quantitative estimate of drug-likeness (QED) is 0.846. The fraction of sp³-hybridized carbons (Fsp3) is 0.286. The highest BCUT2D eigenvalue weighted by Gasteiger charge is 2.27. The molecule has 0 saturated heterocycles. The summed E-state index contributed by atoms with van der Waals surface area (Å²) in [5.41, 5.74) is 6.55. The molecule has 5 heteroatoms. The molecule has 0 saturated carbocycles. The van der Waals surface area contributed by atoms with Gasteiger partial charge in [0.25, 0.3) is 0 Å². The smallest absolute Gasteiger partial charge is 0.324 e. The fourth-order valence-corrected chi connectivity index (χ4v) is 2.33. The molecule has 2 N–H and O–H groups in total. The van der Waals surface area contributed by atoms with Gasteiger partial charge in [0.15, 0.2) is 0 Å². The maximum atomic E-state index is 12.2. The molecular weight excluding hydrogens is 319 g/mol. The van der Waals surface area contributed by atoms with E-state index in [2.05, 4.69) is 15.9 Å². The Morgan fingerprint density at radius 2 is 1.68 bits per heavy atom. The second-order valence-corrected chi connectivity index (χ2v) is 5.43. The molecule has 0 amide bonds. The summed E-state index contributed by atoms with van der Waals surface area (Å²) in [5, 5.41) is 2.00. The zero-order chi connectivity index (χ0) is 14.0. The molecule has 19 heavy (non-hydrogen) atoms. The van der Waals surface area contributed by atoms with Gasteiger partial charge in [0.2, 0.25) is 0 Å². The maximum absolute atomic E-state index is 12.2. The lowest BCUT2D eigenvalue weighted by Gasteiger charge is -2.14. The zero-order valence-corrected chi connectivity index (χ0v) is 11.6. The summed E-state index contributed by atoms with van der Waals surface area (Å²) in [6.45, 7) is 0. The molecule has 0 spiro atoms. The van der Waals surface area contributed by atoms with Crippen molar-refractivity contribution in [2.45, 2.75) is 25.1 Å². The van der Waals surface area contributed by atoms with E-state index in [1.165, 1.54) is 0 Å². The van der Waals surface area contributed by atoms with Crippen molar-refractivity contribution >= 4 is 26.7 Å². The van der Waals surface area contributed by atoms with Crippen molar-refractivity contribution in [3.63, 3.8) is 0 Å². The lowest BCUT2D eigenvalue weighted by molar-refractivity contribution is -0.136. The molecule has 0 heterocycles. The minimum absolute atomic E-state index is 0.0917. The van der Waals surface area contributed by atoms with Gasteiger partial charge >= 0.3 is 6.18 Å². The van der Waals surface area contributed by atoms with Crippen LogP contribution in [0.15, 0.2) is 40.9 Å². The summed E-state index contributed by atoms with van der Waals surface area (Å²) in [6.07, 6.45) is -5.10. The van der Waals surface area contributed by atoms with Gasteiger partial charge in [-0.25, -0.2) is 0 Å². The third-order valence-corrected chi connectivity index (χ3v) is 3.49. The van der Waals surface area contributed by atoms with Crippen LogP contribution in [0.5, 0.6) is 0 Å². The Balaban J connectivity index is 2.18. The van der Waals surface area contributed by atoms with Gasteiger partial charge in [0.05, 0.1) is 0 Å². The monoisotopic (exact) mass is 331 g/mol. The number of hydrogen-bond acceptors (Lipinski definition) is 1. The van der Waals surface area contributed by atoms with Crippen LogP contribution in [-0.2, 0) is 0 Å². The standard InChI is InChI=1S/C14H13BrF3N/c15-12-4-3-9-7-11(2-1-10(9)8-12)13(19)5-6-14(16,17)18/h1-4,7-8,13H,5-6,19H2. The average molecular weight is 332 g/mol. The number of hydrogen-bond donors (Lipinski definition) is 1. The molecule has 0 aliphatic heterocycles. The Hall–Kier alpha value is -1.07. The second-order valence-electron chi connectivity index (χ2n) is 4.51. The van der Waals surface area contributed by atoms with Gasteiger partial charge in [-0.15, -0.1) is 0 Å². The molecule has 0 radical (unpaired) electrons. The van der Waals surface area contributed by atoms with Crippen LogP contribution in [0.1, 0.15) is 24.4 Å². The van der Waals surface area contributed by atoms with E-state index in [0.29, 0.717) is 0 Å². The van der Waals surface area contributed by atoms with Crippen molar-refractivity contribution in [3.05, 3.63) is 46.4 Å². The summed E-state index contributed by atoms with van der Waals surface area (Å²) in [4.78, 5) is 0. The third-order valence-electron chi connectivity index (χ3n) is 2.99. The Morgan fingerprint density at radius 1 is 1.05 bits per heavy atom. The number of halogens is 4. The molecule has 0 aromatic heterocycles. The predicted molar refractivity (Wildman–Crippen MR) is 73.9 cm³/mol. The van der Waals surface area contributed by atoms with Gasteiger partial charge in [0, 0.05) is 16.9 Å². The fourth-order valence-electron chi connectivity index (χ4n) is 1.95. The Kier molecular flexibility index (Phi) is 4.16.